The van der Waals surface area contributed by atoms with Crippen LogP contribution in [0.4, 0.5) is 5.69 Å². The average molecular weight is 375 g/mol. The molecule has 3 rings (SSSR count). The Morgan fingerprint density at radius 1 is 1.23 bits per heavy atom. The highest BCUT2D eigenvalue weighted by molar-refractivity contribution is 6.31. The van der Waals surface area contributed by atoms with Gasteiger partial charge in [0.05, 0.1) is 13.2 Å². The van der Waals surface area contributed by atoms with Crippen LogP contribution in [0.2, 0.25) is 5.02 Å². The second-order valence-electron chi connectivity index (χ2n) is 6.29. The number of nitrogens with one attached hydrogen (secondary N) is 1. The van der Waals surface area contributed by atoms with Gasteiger partial charge in [-0.1, -0.05) is 29.8 Å². The summed E-state index contributed by atoms with van der Waals surface area (Å²) in [7, 11) is 0. The van der Waals surface area contributed by atoms with Crippen LogP contribution in [0.1, 0.15) is 11.1 Å². The number of ether oxygens (including phenoxy) is 2. The molecule has 6 heteroatoms. The number of amides is 1. The van der Waals surface area contributed by atoms with E-state index in [-0.39, 0.29) is 12.5 Å². The molecule has 0 unspecified atom stereocenters. The largest absolute Gasteiger partial charge is 0.484 e. The van der Waals surface area contributed by atoms with Gasteiger partial charge in [0.25, 0.3) is 5.91 Å². The van der Waals surface area contributed by atoms with Gasteiger partial charge in [-0.15, -0.1) is 0 Å². The Balaban J connectivity index is 1.57. The number of rotatable bonds is 6. The molecule has 1 heterocycles. The van der Waals surface area contributed by atoms with E-state index in [1.165, 1.54) is 0 Å². The Kier molecular flexibility index (Phi) is 6.50. The minimum Gasteiger partial charge on any atom is -0.484 e. The van der Waals surface area contributed by atoms with Gasteiger partial charge < -0.3 is 14.8 Å². The van der Waals surface area contributed by atoms with Crippen molar-refractivity contribution >= 4 is 23.2 Å². The van der Waals surface area contributed by atoms with E-state index >= 15 is 0 Å². The molecule has 0 spiro atoms. The second-order valence-corrected chi connectivity index (χ2v) is 6.70. The van der Waals surface area contributed by atoms with Crippen molar-refractivity contribution in [2.45, 2.75) is 13.5 Å². The van der Waals surface area contributed by atoms with Crippen molar-refractivity contribution in [1.82, 2.24) is 4.90 Å². The normalized spacial score (nSPS) is 14.8. The molecular formula is C20H23ClN2O3. The van der Waals surface area contributed by atoms with Gasteiger partial charge in [-0.2, -0.15) is 0 Å². The van der Waals surface area contributed by atoms with E-state index < -0.39 is 0 Å². The molecule has 2 aromatic rings. The standard InChI is InChI=1S/C20H23ClN2O3/c1-15-12-17(6-7-18(15)21)26-14-20(24)22-19-5-3-2-4-16(19)13-23-8-10-25-11-9-23/h2-7,12H,8-11,13-14H2,1H3,(H,22,24). The van der Waals surface area contributed by atoms with Crippen LogP contribution in [-0.2, 0) is 16.1 Å². The summed E-state index contributed by atoms with van der Waals surface area (Å²) in [5, 5.41) is 3.63. The molecule has 0 atom stereocenters. The van der Waals surface area contributed by atoms with Crippen molar-refractivity contribution in [3.8, 4) is 5.75 Å². The molecule has 1 saturated heterocycles. The molecule has 0 radical (unpaired) electrons. The summed E-state index contributed by atoms with van der Waals surface area (Å²) >= 11 is 6.00. The Labute approximate surface area is 158 Å². The molecule has 0 aromatic heterocycles. The quantitative estimate of drug-likeness (QED) is 0.840. The molecule has 0 aliphatic carbocycles. The molecular weight excluding hydrogens is 352 g/mol. The van der Waals surface area contributed by atoms with Crippen LogP contribution < -0.4 is 10.1 Å². The number of para-hydroxylation sites is 1. The van der Waals surface area contributed by atoms with Gasteiger partial charge in [0.1, 0.15) is 5.75 Å². The van der Waals surface area contributed by atoms with Gasteiger partial charge in [0.15, 0.2) is 6.61 Å². The fourth-order valence-electron chi connectivity index (χ4n) is 2.82. The van der Waals surface area contributed by atoms with Crippen LogP contribution in [0.15, 0.2) is 42.5 Å². The zero-order chi connectivity index (χ0) is 18.4. The van der Waals surface area contributed by atoms with Crippen molar-refractivity contribution in [2.75, 3.05) is 38.2 Å². The summed E-state index contributed by atoms with van der Waals surface area (Å²) in [6, 6.07) is 13.2. The number of hydrogen-bond donors (Lipinski definition) is 1. The first-order valence-corrected chi connectivity index (χ1v) is 9.06. The van der Waals surface area contributed by atoms with Gasteiger partial charge in [-0.3, -0.25) is 9.69 Å². The van der Waals surface area contributed by atoms with Crippen LogP contribution in [0.25, 0.3) is 0 Å². The smallest absolute Gasteiger partial charge is 0.262 e. The lowest BCUT2D eigenvalue weighted by Crippen LogP contribution is -2.36. The van der Waals surface area contributed by atoms with Gasteiger partial charge in [0, 0.05) is 30.3 Å². The number of halogens is 1. The fraction of sp³-hybridized carbons (Fsp3) is 0.350. The summed E-state index contributed by atoms with van der Waals surface area (Å²) < 4.78 is 11.0. The minimum absolute atomic E-state index is 0.0486. The number of nitrogens with zero attached hydrogens (tertiary/aromatic N) is 1. The van der Waals surface area contributed by atoms with Crippen LogP contribution >= 0.6 is 11.6 Å². The molecule has 138 valence electrons. The third-order valence-corrected chi connectivity index (χ3v) is 4.71. The molecule has 26 heavy (non-hydrogen) atoms. The molecule has 1 aliphatic heterocycles. The molecule has 1 aliphatic rings. The number of benzene rings is 2. The lowest BCUT2D eigenvalue weighted by atomic mass is 10.1. The third-order valence-electron chi connectivity index (χ3n) is 4.29. The number of hydrogen-bond acceptors (Lipinski definition) is 4. The Hall–Kier alpha value is -2.08. The zero-order valence-electron chi connectivity index (χ0n) is 14.8. The number of anilines is 1. The van der Waals surface area contributed by atoms with E-state index in [2.05, 4.69) is 10.2 Å². The van der Waals surface area contributed by atoms with Crippen LogP contribution in [-0.4, -0.2) is 43.7 Å². The van der Waals surface area contributed by atoms with E-state index in [1.54, 1.807) is 12.1 Å². The van der Waals surface area contributed by atoms with Crippen molar-refractivity contribution in [3.63, 3.8) is 0 Å². The van der Waals surface area contributed by atoms with E-state index in [0.717, 1.165) is 49.7 Å². The molecule has 1 N–H and O–H groups in total. The second kappa shape index (κ2) is 9.03. The number of carbonyl (C=O) groups is 1. The number of aryl methyl sites for hydroxylation is 1. The van der Waals surface area contributed by atoms with E-state index in [1.807, 2.05) is 37.3 Å². The maximum atomic E-state index is 12.3. The molecule has 0 saturated carbocycles. The minimum atomic E-state index is -0.188. The third kappa shape index (κ3) is 5.21. The van der Waals surface area contributed by atoms with Crippen molar-refractivity contribution in [2.24, 2.45) is 0 Å². The van der Waals surface area contributed by atoms with Gasteiger partial charge in [0.2, 0.25) is 0 Å². The van der Waals surface area contributed by atoms with E-state index in [9.17, 15) is 4.79 Å². The highest BCUT2D eigenvalue weighted by atomic mass is 35.5. The van der Waals surface area contributed by atoms with E-state index in [0.29, 0.717) is 10.8 Å². The SMILES string of the molecule is Cc1cc(OCC(=O)Nc2ccccc2CN2CCOCC2)ccc1Cl. The predicted octanol–water partition coefficient (Wildman–Crippen LogP) is 3.50. The van der Waals surface area contributed by atoms with Crippen LogP contribution in [0.5, 0.6) is 5.75 Å². The first kappa shape index (κ1) is 18.7. The zero-order valence-corrected chi connectivity index (χ0v) is 15.6. The lowest BCUT2D eigenvalue weighted by molar-refractivity contribution is -0.118. The van der Waals surface area contributed by atoms with Crippen molar-refractivity contribution in [1.29, 1.82) is 0 Å². The van der Waals surface area contributed by atoms with Gasteiger partial charge in [-0.05, 0) is 42.3 Å². The monoisotopic (exact) mass is 374 g/mol. The lowest BCUT2D eigenvalue weighted by Gasteiger charge is -2.27. The predicted molar refractivity (Wildman–Crippen MR) is 103 cm³/mol. The highest BCUT2D eigenvalue weighted by Crippen LogP contribution is 2.21. The van der Waals surface area contributed by atoms with E-state index in [4.69, 9.17) is 21.1 Å². The first-order valence-electron chi connectivity index (χ1n) is 8.68. The molecule has 2 aromatic carbocycles. The van der Waals surface area contributed by atoms with Gasteiger partial charge in [-0.25, -0.2) is 0 Å². The number of carbonyl (C=O) groups excluding carboxylic acids is 1. The molecule has 1 fully saturated rings. The first-order chi connectivity index (χ1) is 12.6. The number of morpholine rings is 1. The molecule has 0 bridgehead atoms. The maximum absolute atomic E-state index is 12.3. The van der Waals surface area contributed by atoms with Crippen LogP contribution in [0.3, 0.4) is 0 Å². The van der Waals surface area contributed by atoms with Crippen molar-refractivity contribution in [3.05, 3.63) is 58.6 Å². The van der Waals surface area contributed by atoms with Gasteiger partial charge >= 0.3 is 0 Å². The maximum Gasteiger partial charge on any atom is 0.262 e. The highest BCUT2D eigenvalue weighted by Gasteiger charge is 2.14. The Morgan fingerprint density at radius 2 is 2.00 bits per heavy atom. The summed E-state index contributed by atoms with van der Waals surface area (Å²) in [4.78, 5) is 14.6. The summed E-state index contributed by atoms with van der Waals surface area (Å²) in [5.74, 6) is 0.440. The molecule has 1 amide bonds. The fourth-order valence-corrected chi connectivity index (χ4v) is 2.94. The van der Waals surface area contributed by atoms with Crippen LogP contribution in [0, 0.1) is 6.92 Å². The molecule has 5 nitrogen and oxygen atoms in total. The average Bonchev–Trinajstić information content (AvgIpc) is 2.65. The van der Waals surface area contributed by atoms with Crippen molar-refractivity contribution < 1.29 is 14.3 Å². The Bertz CT molecular complexity index is 760. The Morgan fingerprint density at radius 3 is 2.77 bits per heavy atom. The summed E-state index contributed by atoms with van der Waals surface area (Å²) in [6.07, 6.45) is 0. The summed E-state index contributed by atoms with van der Waals surface area (Å²) in [6.45, 7) is 5.95. The summed E-state index contributed by atoms with van der Waals surface area (Å²) in [5.41, 5.74) is 2.82. The topological polar surface area (TPSA) is 50.8 Å².